The largest absolute Gasteiger partial charge is 0.490 e. The fourth-order valence-corrected chi connectivity index (χ4v) is 2.48. The molecule has 0 saturated heterocycles. The molecule has 2 aromatic heterocycles. The Kier molecular flexibility index (Phi) is 4.10. The van der Waals surface area contributed by atoms with E-state index in [1.54, 1.807) is 6.07 Å². The molecule has 0 radical (unpaired) electrons. The second-order valence-electron chi connectivity index (χ2n) is 5.38. The molecule has 23 heavy (non-hydrogen) atoms. The molecule has 0 fully saturated rings. The lowest BCUT2D eigenvalue weighted by Crippen LogP contribution is -2.26. The third-order valence-electron chi connectivity index (χ3n) is 3.67. The Balaban J connectivity index is 1.84. The highest BCUT2D eigenvalue weighted by Gasteiger charge is 2.19. The lowest BCUT2D eigenvalue weighted by molar-refractivity contribution is 0.0907. The van der Waals surface area contributed by atoms with Gasteiger partial charge in [-0.2, -0.15) is 0 Å². The maximum Gasteiger partial charge on any atom is 0.287 e. The zero-order chi connectivity index (χ0) is 16.4. The Hall–Kier alpha value is -2.69. The molecule has 3 aromatic rings. The summed E-state index contributed by atoms with van der Waals surface area (Å²) in [6, 6.07) is 9.13. The van der Waals surface area contributed by atoms with Crippen LogP contribution in [0.5, 0.6) is 5.75 Å². The van der Waals surface area contributed by atoms with Crippen molar-refractivity contribution in [1.29, 1.82) is 0 Å². The van der Waals surface area contributed by atoms with Crippen LogP contribution >= 0.6 is 0 Å². The van der Waals surface area contributed by atoms with Crippen molar-refractivity contribution >= 4 is 16.9 Å². The Morgan fingerprint density at radius 3 is 2.87 bits per heavy atom. The molecular formula is C18H19NO4. The van der Waals surface area contributed by atoms with E-state index < -0.39 is 0 Å². The standard InChI is InChI=1S/C18H19NO4/c1-4-21-14-7-5-6-13-10-15(23-17(13)14)12(3)19-18(20)16-11(2)8-9-22-16/h5-10,12H,4H2,1-3H3,(H,19,20). The second kappa shape index (κ2) is 6.20. The summed E-state index contributed by atoms with van der Waals surface area (Å²) in [4.78, 5) is 12.2. The Labute approximate surface area is 134 Å². The average Bonchev–Trinajstić information content (AvgIpc) is 3.14. The van der Waals surface area contributed by atoms with E-state index in [4.69, 9.17) is 13.6 Å². The summed E-state index contributed by atoms with van der Waals surface area (Å²) in [6.07, 6.45) is 1.50. The Bertz CT molecular complexity index is 831. The van der Waals surface area contributed by atoms with Crippen molar-refractivity contribution in [2.24, 2.45) is 0 Å². The van der Waals surface area contributed by atoms with E-state index in [0.29, 0.717) is 29.5 Å². The van der Waals surface area contributed by atoms with E-state index in [1.807, 2.05) is 45.0 Å². The van der Waals surface area contributed by atoms with Crippen molar-refractivity contribution < 1.29 is 18.4 Å². The minimum Gasteiger partial charge on any atom is -0.490 e. The predicted octanol–water partition coefficient (Wildman–Crippen LogP) is 4.22. The number of fused-ring (bicyclic) bond motifs is 1. The van der Waals surface area contributed by atoms with Crippen LogP contribution in [0.25, 0.3) is 11.0 Å². The zero-order valence-electron chi connectivity index (χ0n) is 13.4. The monoisotopic (exact) mass is 313 g/mol. The molecule has 0 aliphatic rings. The third kappa shape index (κ3) is 2.95. The van der Waals surface area contributed by atoms with E-state index in [2.05, 4.69) is 5.32 Å². The number of carbonyl (C=O) groups excluding carboxylic acids is 1. The van der Waals surface area contributed by atoms with Gasteiger partial charge in [-0.05, 0) is 39.0 Å². The number of furan rings is 2. The highest BCUT2D eigenvalue weighted by molar-refractivity contribution is 5.93. The molecule has 0 aliphatic carbocycles. The van der Waals surface area contributed by atoms with Crippen LogP contribution in [0.1, 0.15) is 41.8 Å². The van der Waals surface area contributed by atoms with Crippen LogP contribution in [-0.4, -0.2) is 12.5 Å². The molecular weight excluding hydrogens is 294 g/mol. The van der Waals surface area contributed by atoms with Crippen LogP contribution in [-0.2, 0) is 0 Å². The van der Waals surface area contributed by atoms with Crippen molar-refractivity contribution in [2.45, 2.75) is 26.8 Å². The van der Waals surface area contributed by atoms with E-state index in [0.717, 1.165) is 10.9 Å². The van der Waals surface area contributed by atoms with Gasteiger partial charge in [-0.15, -0.1) is 0 Å². The van der Waals surface area contributed by atoms with Gasteiger partial charge in [-0.1, -0.05) is 12.1 Å². The van der Waals surface area contributed by atoms with Gasteiger partial charge in [-0.25, -0.2) is 0 Å². The average molecular weight is 313 g/mol. The van der Waals surface area contributed by atoms with Gasteiger partial charge in [0.05, 0.1) is 18.9 Å². The molecule has 1 atom stereocenters. The first-order valence-electron chi connectivity index (χ1n) is 7.60. The molecule has 5 nitrogen and oxygen atoms in total. The number of aryl methyl sites for hydroxylation is 1. The quantitative estimate of drug-likeness (QED) is 0.766. The lowest BCUT2D eigenvalue weighted by atomic mass is 10.2. The van der Waals surface area contributed by atoms with Gasteiger partial charge in [0, 0.05) is 10.9 Å². The first-order valence-corrected chi connectivity index (χ1v) is 7.60. The van der Waals surface area contributed by atoms with E-state index in [1.165, 1.54) is 6.26 Å². The Morgan fingerprint density at radius 2 is 2.17 bits per heavy atom. The van der Waals surface area contributed by atoms with Crippen LogP contribution < -0.4 is 10.1 Å². The predicted molar refractivity (Wildman–Crippen MR) is 86.7 cm³/mol. The van der Waals surface area contributed by atoms with E-state index in [9.17, 15) is 4.79 Å². The van der Waals surface area contributed by atoms with Gasteiger partial charge in [0.25, 0.3) is 5.91 Å². The molecule has 1 N–H and O–H groups in total. The van der Waals surface area contributed by atoms with E-state index in [-0.39, 0.29) is 11.9 Å². The molecule has 1 amide bonds. The molecule has 3 rings (SSSR count). The number of nitrogens with one attached hydrogen (secondary N) is 1. The summed E-state index contributed by atoms with van der Waals surface area (Å²) in [5, 5.41) is 3.83. The summed E-state index contributed by atoms with van der Waals surface area (Å²) < 4.78 is 16.7. The molecule has 120 valence electrons. The maximum atomic E-state index is 12.2. The van der Waals surface area contributed by atoms with Crippen molar-refractivity contribution in [3.63, 3.8) is 0 Å². The highest BCUT2D eigenvalue weighted by Crippen LogP contribution is 2.31. The molecule has 0 aliphatic heterocycles. The van der Waals surface area contributed by atoms with E-state index >= 15 is 0 Å². The van der Waals surface area contributed by atoms with Gasteiger partial charge in [0.2, 0.25) is 0 Å². The molecule has 1 aromatic carbocycles. The number of hydrogen-bond acceptors (Lipinski definition) is 4. The first-order chi connectivity index (χ1) is 11.1. The smallest absolute Gasteiger partial charge is 0.287 e. The fraction of sp³-hybridized carbons (Fsp3) is 0.278. The van der Waals surface area contributed by atoms with Gasteiger partial charge in [0.1, 0.15) is 5.76 Å². The number of para-hydroxylation sites is 1. The molecule has 0 spiro atoms. The molecule has 0 saturated carbocycles. The van der Waals surface area contributed by atoms with Gasteiger partial charge < -0.3 is 18.9 Å². The maximum absolute atomic E-state index is 12.2. The molecule has 5 heteroatoms. The van der Waals surface area contributed by atoms with Crippen molar-refractivity contribution in [3.05, 3.63) is 53.7 Å². The van der Waals surface area contributed by atoms with Gasteiger partial charge in [-0.3, -0.25) is 4.79 Å². The van der Waals surface area contributed by atoms with Gasteiger partial charge in [0.15, 0.2) is 17.1 Å². The fourth-order valence-electron chi connectivity index (χ4n) is 2.48. The summed E-state index contributed by atoms with van der Waals surface area (Å²) in [6.45, 7) is 6.20. The highest BCUT2D eigenvalue weighted by atomic mass is 16.5. The number of ether oxygens (including phenoxy) is 1. The van der Waals surface area contributed by atoms with Crippen LogP contribution in [0.4, 0.5) is 0 Å². The number of carbonyl (C=O) groups is 1. The topological polar surface area (TPSA) is 64.6 Å². The number of rotatable bonds is 5. The number of amides is 1. The molecule has 2 heterocycles. The van der Waals surface area contributed by atoms with Crippen LogP contribution in [0, 0.1) is 6.92 Å². The number of hydrogen-bond donors (Lipinski definition) is 1. The summed E-state index contributed by atoms with van der Waals surface area (Å²) in [5.41, 5.74) is 1.50. The van der Waals surface area contributed by atoms with Crippen LogP contribution in [0.3, 0.4) is 0 Å². The number of benzene rings is 1. The molecule has 1 unspecified atom stereocenters. The lowest BCUT2D eigenvalue weighted by Gasteiger charge is -2.10. The van der Waals surface area contributed by atoms with Crippen molar-refractivity contribution in [2.75, 3.05) is 6.61 Å². The third-order valence-corrected chi connectivity index (χ3v) is 3.67. The second-order valence-corrected chi connectivity index (χ2v) is 5.38. The van der Waals surface area contributed by atoms with Crippen LogP contribution in [0.2, 0.25) is 0 Å². The van der Waals surface area contributed by atoms with Crippen molar-refractivity contribution in [3.8, 4) is 5.75 Å². The van der Waals surface area contributed by atoms with Crippen molar-refractivity contribution in [1.82, 2.24) is 5.32 Å². The SMILES string of the molecule is CCOc1cccc2cc(C(C)NC(=O)c3occc3C)oc12. The van der Waals surface area contributed by atoms with Crippen LogP contribution in [0.15, 0.2) is 45.4 Å². The first kappa shape index (κ1) is 15.2. The minimum atomic E-state index is -0.283. The zero-order valence-corrected chi connectivity index (χ0v) is 13.4. The Morgan fingerprint density at radius 1 is 1.35 bits per heavy atom. The molecule has 0 bridgehead atoms. The summed E-state index contributed by atoms with van der Waals surface area (Å²) in [7, 11) is 0. The normalized spacial score (nSPS) is 12.3. The summed E-state index contributed by atoms with van der Waals surface area (Å²) in [5.74, 6) is 1.44. The minimum absolute atomic E-state index is 0.259. The van der Waals surface area contributed by atoms with Gasteiger partial charge >= 0.3 is 0 Å². The summed E-state index contributed by atoms with van der Waals surface area (Å²) >= 11 is 0.